The Kier molecular flexibility index (Phi) is 5.12. The predicted octanol–water partition coefficient (Wildman–Crippen LogP) is 3.49. The molecule has 5 nitrogen and oxygen atoms in total. The third-order valence-corrected chi connectivity index (χ3v) is 4.53. The number of fused-ring (bicyclic) bond motifs is 1. The first-order valence-electron chi connectivity index (χ1n) is 8.78. The zero-order valence-corrected chi connectivity index (χ0v) is 14.4. The molecule has 25 heavy (non-hydrogen) atoms. The van der Waals surface area contributed by atoms with Crippen LogP contribution in [0.1, 0.15) is 64.6 Å². The number of nitrogens with one attached hydrogen (secondary N) is 2. The van der Waals surface area contributed by atoms with E-state index in [2.05, 4.69) is 17.2 Å². The molecule has 1 aliphatic carbocycles. The number of Topliss-reactive ketones (excluding diaryl/α,β-unsaturated/α-hetero) is 1. The van der Waals surface area contributed by atoms with E-state index >= 15 is 0 Å². The Labute approximate surface area is 146 Å². The smallest absolute Gasteiger partial charge is 0.261 e. The summed E-state index contributed by atoms with van der Waals surface area (Å²) in [7, 11) is 0. The summed E-state index contributed by atoms with van der Waals surface area (Å²) in [5.41, 5.74) is 2.48. The van der Waals surface area contributed by atoms with Crippen LogP contribution in [0.2, 0.25) is 0 Å². The van der Waals surface area contributed by atoms with Crippen molar-refractivity contribution >= 4 is 17.4 Å². The summed E-state index contributed by atoms with van der Waals surface area (Å²) < 4.78 is 0. The van der Waals surface area contributed by atoms with Crippen molar-refractivity contribution in [3.8, 4) is 0 Å². The zero-order valence-electron chi connectivity index (χ0n) is 14.4. The molecule has 2 aromatic rings. The normalized spacial score (nSPS) is 13.4. The molecule has 130 valence electrons. The largest absolute Gasteiger partial charge is 0.325 e. The van der Waals surface area contributed by atoms with E-state index in [1.165, 1.54) is 11.6 Å². The molecule has 0 unspecified atom stereocenters. The quantitative estimate of drug-likeness (QED) is 0.876. The number of benzene rings is 1. The van der Waals surface area contributed by atoms with Crippen LogP contribution < -0.4 is 10.9 Å². The molecule has 1 aromatic heterocycles. The highest BCUT2D eigenvalue weighted by Gasteiger charge is 2.22. The lowest BCUT2D eigenvalue weighted by molar-refractivity contribution is 0.0971. The Morgan fingerprint density at radius 1 is 1.16 bits per heavy atom. The number of amides is 1. The maximum Gasteiger partial charge on any atom is 0.261 e. The van der Waals surface area contributed by atoms with Gasteiger partial charge in [-0.2, -0.15) is 0 Å². The Bertz CT molecular complexity index is 850. The predicted molar refractivity (Wildman–Crippen MR) is 97.3 cm³/mol. The zero-order chi connectivity index (χ0) is 17.8. The van der Waals surface area contributed by atoms with Gasteiger partial charge >= 0.3 is 0 Å². The van der Waals surface area contributed by atoms with Gasteiger partial charge in [-0.1, -0.05) is 25.5 Å². The number of aromatic nitrogens is 1. The number of ketones is 1. The maximum atomic E-state index is 12.4. The van der Waals surface area contributed by atoms with E-state index in [9.17, 15) is 14.4 Å². The second-order valence-electron chi connectivity index (χ2n) is 6.44. The summed E-state index contributed by atoms with van der Waals surface area (Å²) in [6.07, 6.45) is 5.13. The molecule has 1 aromatic carbocycles. The molecular weight excluding hydrogens is 316 g/mol. The number of aryl methyl sites for hydroxylation is 2. The number of anilines is 1. The molecule has 0 aliphatic heterocycles. The Morgan fingerprint density at radius 3 is 2.64 bits per heavy atom. The summed E-state index contributed by atoms with van der Waals surface area (Å²) in [5.74, 6) is -0.518. The van der Waals surface area contributed by atoms with Gasteiger partial charge in [-0.3, -0.25) is 14.4 Å². The van der Waals surface area contributed by atoms with E-state index in [1.54, 1.807) is 0 Å². The molecular formula is C20H22N2O3. The fraction of sp³-hybridized carbons (Fsp3) is 0.350. The lowest BCUT2D eigenvalue weighted by atomic mass is 9.93. The number of hydrogen-bond acceptors (Lipinski definition) is 3. The van der Waals surface area contributed by atoms with Crippen LogP contribution in [0.5, 0.6) is 0 Å². The number of carbonyl (C=O) groups is 2. The van der Waals surface area contributed by atoms with Gasteiger partial charge in [0.25, 0.3) is 11.5 Å². The Morgan fingerprint density at radius 2 is 1.92 bits per heavy atom. The van der Waals surface area contributed by atoms with Crippen LogP contribution in [-0.4, -0.2) is 16.7 Å². The Balaban J connectivity index is 1.78. The van der Waals surface area contributed by atoms with E-state index in [1.807, 2.05) is 24.3 Å². The summed E-state index contributed by atoms with van der Waals surface area (Å²) >= 11 is 0. The van der Waals surface area contributed by atoms with E-state index in [0.29, 0.717) is 29.8 Å². The molecule has 1 aliphatic rings. The molecule has 1 amide bonds. The highest BCUT2D eigenvalue weighted by atomic mass is 16.2. The highest BCUT2D eigenvalue weighted by molar-refractivity contribution is 6.06. The first-order chi connectivity index (χ1) is 12.1. The van der Waals surface area contributed by atoms with Crippen molar-refractivity contribution < 1.29 is 9.59 Å². The standard InChI is InChI=1S/C20H22N2O3/c1-2-3-5-13-8-10-14(11-9-13)21-19(24)16-12-15-17(22-20(16)25)6-4-7-18(15)23/h8-12H,2-7H2,1H3,(H,21,24)(H,22,25). The average Bonchev–Trinajstić information content (AvgIpc) is 2.61. The highest BCUT2D eigenvalue weighted by Crippen LogP contribution is 2.19. The van der Waals surface area contributed by atoms with Gasteiger partial charge in [0.2, 0.25) is 0 Å². The van der Waals surface area contributed by atoms with Crippen LogP contribution >= 0.6 is 0 Å². The SMILES string of the molecule is CCCCc1ccc(NC(=O)c2cc3c([nH]c2=O)CCCC3=O)cc1. The Hall–Kier alpha value is -2.69. The summed E-state index contributed by atoms with van der Waals surface area (Å²) in [6.45, 7) is 2.15. The van der Waals surface area contributed by atoms with Crippen molar-refractivity contribution in [3.63, 3.8) is 0 Å². The van der Waals surface area contributed by atoms with Crippen molar-refractivity contribution in [2.24, 2.45) is 0 Å². The van der Waals surface area contributed by atoms with Gasteiger partial charge in [0.1, 0.15) is 5.56 Å². The fourth-order valence-electron chi connectivity index (χ4n) is 3.08. The summed E-state index contributed by atoms with van der Waals surface area (Å²) in [5, 5.41) is 2.73. The van der Waals surface area contributed by atoms with Gasteiger partial charge in [0.05, 0.1) is 0 Å². The molecule has 3 rings (SSSR count). The first kappa shape index (κ1) is 17.1. The topological polar surface area (TPSA) is 79.0 Å². The number of rotatable bonds is 5. The first-order valence-corrected chi connectivity index (χ1v) is 8.78. The van der Waals surface area contributed by atoms with Crippen LogP contribution in [0.3, 0.4) is 0 Å². The number of carbonyl (C=O) groups excluding carboxylic acids is 2. The van der Waals surface area contributed by atoms with Gasteiger partial charge in [-0.25, -0.2) is 0 Å². The fourth-order valence-corrected chi connectivity index (χ4v) is 3.08. The molecule has 1 heterocycles. The van der Waals surface area contributed by atoms with Gasteiger partial charge < -0.3 is 10.3 Å². The molecule has 0 fully saturated rings. The monoisotopic (exact) mass is 338 g/mol. The molecule has 0 atom stereocenters. The summed E-state index contributed by atoms with van der Waals surface area (Å²) in [4.78, 5) is 39.3. The van der Waals surface area contributed by atoms with Crippen LogP contribution in [0, 0.1) is 0 Å². The van der Waals surface area contributed by atoms with Crippen LogP contribution in [0.4, 0.5) is 5.69 Å². The summed E-state index contributed by atoms with van der Waals surface area (Å²) in [6, 6.07) is 9.06. The second-order valence-corrected chi connectivity index (χ2v) is 6.44. The van der Waals surface area contributed by atoms with Crippen LogP contribution in [-0.2, 0) is 12.8 Å². The molecule has 0 bridgehead atoms. The third-order valence-electron chi connectivity index (χ3n) is 4.53. The lowest BCUT2D eigenvalue weighted by Crippen LogP contribution is -2.27. The van der Waals surface area contributed by atoms with E-state index in [0.717, 1.165) is 25.7 Å². The van der Waals surface area contributed by atoms with Crippen molar-refractivity contribution in [3.05, 3.63) is 63.1 Å². The van der Waals surface area contributed by atoms with Crippen molar-refractivity contribution in [2.45, 2.75) is 45.4 Å². The minimum absolute atomic E-state index is 0.0215. The third kappa shape index (κ3) is 3.87. The minimum atomic E-state index is -0.497. The number of hydrogen-bond donors (Lipinski definition) is 2. The molecule has 5 heteroatoms. The second kappa shape index (κ2) is 7.47. The average molecular weight is 338 g/mol. The van der Waals surface area contributed by atoms with Gasteiger partial charge in [0.15, 0.2) is 5.78 Å². The van der Waals surface area contributed by atoms with Crippen molar-refractivity contribution in [2.75, 3.05) is 5.32 Å². The van der Waals surface area contributed by atoms with E-state index in [4.69, 9.17) is 0 Å². The number of aromatic amines is 1. The number of unbranched alkanes of at least 4 members (excludes halogenated alkanes) is 1. The van der Waals surface area contributed by atoms with Crippen molar-refractivity contribution in [1.82, 2.24) is 4.98 Å². The number of pyridine rings is 1. The molecule has 0 saturated carbocycles. The van der Waals surface area contributed by atoms with Gasteiger partial charge in [0, 0.05) is 23.4 Å². The van der Waals surface area contributed by atoms with Crippen molar-refractivity contribution in [1.29, 1.82) is 0 Å². The molecule has 0 saturated heterocycles. The van der Waals surface area contributed by atoms with E-state index < -0.39 is 11.5 Å². The number of H-pyrrole nitrogens is 1. The lowest BCUT2D eigenvalue weighted by Gasteiger charge is -2.15. The molecule has 0 spiro atoms. The van der Waals surface area contributed by atoms with Crippen LogP contribution in [0.25, 0.3) is 0 Å². The molecule has 2 N–H and O–H groups in total. The van der Waals surface area contributed by atoms with Gasteiger partial charge in [-0.05, 0) is 49.4 Å². The maximum absolute atomic E-state index is 12.4. The molecule has 0 radical (unpaired) electrons. The van der Waals surface area contributed by atoms with E-state index in [-0.39, 0.29) is 11.3 Å². The van der Waals surface area contributed by atoms with Crippen LogP contribution in [0.15, 0.2) is 35.1 Å². The minimum Gasteiger partial charge on any atom is -0.325 e. The van der Waals surface area contributed by atoms with Gasteiger partial charge in [-0.15, -0.1) is 0 Å².